The smallest absolute Gasteiger partial charge is 0.216 e. The lowest BCUT2D eigenvalue weighted by Crippen LogP contribution is -2.06. The van der Waals surface area contributed by atoms with Gasteiger partial charge in [0.05, 0.1) is 5.69 Å². The maximum Gasteiger partial charge on any atom is 0.216 e. The maximum absolute atomic E-state index is 14.0. The van der Waals surface area contributed by atoms with E-state index >= 15 is 0 Å². The van der Waals surface area contributed by atoms with Crippen molar-refractivity contribution in [2.24, 2.45) is 0 Å². The Morgan fingerprint density at radius 2 is 1.95 bits per heavy atom. The quantitative estimate of drug-likeness (QED) is 0.903. The molecular weight excluding hydrogens is 245 g/mol. The van der Waals surface area contributed by atoms with Crippen molar-refractivity contribution >= 4 is 5.82 Å². The van der Waals surface area contributed by atoms with Crippen molar-refractivity contribution in [3.8, 4) is 0 Å². The molecule has 0 spiro atoms. The minimum atomic E-state index is -0.264. The van der Waals surface area contributed by atoms with Crippen LogP contribution in [-0.2, 0) is 19.6 Å². The molecule has 0 aliphatic carbocycles. The van der Waals surface area contributed by atoms with E-state index in [1.54, 1.807) is 0 Å². The van der Waals surface area contributed by atoms with Crippen molar-refractivity contribution in [1.29, 1.82) is 0 Å². The predicted octanol–water partition coefficient (Wildman–Crippen LogP) is 2.49. The molecule has 19 heavy (non-hydrogen) atoms. The van der Waals surface area contributed by atoms with E-state index in [4.69, 9.17) is 0 Å². The Morgan fingerprint density at radius 1 is 1.21 bits per heavy atom. The molecule has 0 atom stereocenters. The zero-order valence-electron chi connectivity index (χ0n) is 11.9. The molecule has 0 aliphatic rings. The standard InChI is InChI=1S/C13H20FN5/c1-5-18-8-9(3)13(17-18)15-7-11-10(4)16-19(6-2)12(11)14/h8H,5-7H2,1-4H3,(H,15,17). The molecule has 0 saturated carbocycles. The average Bonchev–Trinajstić information content (AvgIpc) is 2.88. The van der Waals surface area contributed by atoms with Gasteiger partial charge in [-0.1, -0.05) is 0 Å². The van der Waals surface area contributed by atoms with E-state index in [1.807, 2.05) is 38.6 Å². The topological polar surface area (TPSA) is 47.7 Å². The van der Waals surface area contributed by atoms with E-state index in [-0.39, 0.29) is 5.95 Å². The Morgan fingerprint density at radius 3 is 2.47 bits per heavy atom. The fourth-order valence-electron chi connectivity index (χ4n) is 2.03. The van der Waals surface area contributed by atoms with Gasteiger partial charge in [0.2, 0.25) is 5.95 Å². The van der Waals surface area contributed by atoms with Gasteiger partial charge in [0.15, 0.2) is 5.82 Å². The summed E-state index contributed by atoms with van der Waals surface area (Å²) in [6, 6.07) is 0. The number of rotatable bonds is 5. The van der Waals surface area contributed by atoms with Crippen LogP contribution >= 0.6 is 0 Å². The minimum Gasteiger partial charge on any atom is -0.364 e. The molecule has 0 amide bonds. The molecule has 0 fully saturated rings. The van der Waals surface area contributed by atoms with Crippen molar-refractivity contribution < 1.29 is 4.39 Å². The van der Waals surface area contributed by atoms with Crippen LogP contribution < -0.4 is 5.32 Å². The second-order valence-electron chi connectivity index (χ2n) is 4.54. The van der Waals surface area contributed by atoms with E-state index in [9.17, 15) is 4.39 Å². The summed E-state index contributed by atoms with van der Waals surface area (Å²) < 4.78 is 17.2. The first-order valence-corrected chi connectivity index (χ1v) is 6.56. The van der Waals surface area contributed by atoms with Crippen LogP contribution in [0.4, 0.5) is 10.2 Å². The lowest BCUT2D eigenvalue weighted by Gasteiger charge is -2.03. The molecule has 2 aromatic rings. The fourth-order valence-corrected chi connectivity index (χ4v) is 2.03. The third-order valence-corrected chi connectivity index (χ3v) is 3.18. The first-order chi connectivity index (χ1) is 9.06. The summed E-state index contributed by atoms with van der Waals surface area (Å²) in [5, 5.41) is 11.7. The van der Waals surface area contributed by atoms with Crippen LogP contribution in [0.15, 0.2) is 6.20 Å². The first-order valence-electron chi connectivity index (χ1n) is 6.56. The van der Waals surface area contributed by atoms with Gasteiger partial charge in [-0.05, 0) is 27.7 Å². The lowest BCUT2D eigenvalue weighted by molar-refractivity contribution is 0.464. The third-order valence-electron chi connectivity index (χ3n) is 3.18. The second kappa shape index (κ2) is 5.42. The Hall–Kier alpha value is -1.85. The number of nitrogens with zero attached hydrogens (tertiary/aromatic N) is 4. The van der Waals surface area contributed by atoms with Gasteiger partial charge in [-0.3, -0.25) is 4.68 Å². The summed E-state index contributed by atoms with van der Waals surface area (Å²) in [4.78, 5) is 0. The monoisotopic (exact) mass is 265 g/mol. The fraction of sp³-hybridized carbons (Fsp3) is 0.538. The van der Waals surface area contributed by atoms with E-state index in [0.717, 1.165) is 23.6 Å². The Balaban J connectivity index is 2.14. The molecule has 0 bridgehead atoms. The molecule has 2 rings (SSSR count). The molecule has 0 saturated heterocycles. The van der Waals surface area contributed by atoms with Crippen LogP contribution in [0.25, 0.3) is 0 Å². The molecule has 0 radical (unpaired) electrons. The number of halogens is 1. The SMILES string of the molecule is CCn1cc(C)c(NCc2c(C)nn(CC)c2F)n1. The van der Waals surface area contributed by atoms with Crippen LogP contribution in [0, 0.1) is 19.8 Å². The van der Waals surface area contributed by atoms with Gasteiger partial charge in [0, 0.05) is 37.0 Å². The van der Waals surface area contributed by atoms with Gasteiger partial charge in [-0.25, -0.2) is 4.68 Å². The Bertz CT molecular complexity index is 570. The molecule has 104 valence electrons. The van der Waals surface area contributed by atoms with Crippen LogP contribution in [-0.4, -0.2) is 19.6 Å². The number of aryl methyl sites for hydroxylation is 4. The summed E-state index contributed by atoms with van der Waals surface area (Å²) >= 11 is 0. The number of aromatic nitrogens is 4. The number of hydrogen-bond acceptors (Lipinski definition) is 3. The maximum atomic E-state index is 14.0. The highest BCUT2D eigenvalue weighted by atomic mass is 19.1. The molecule has 1 N–H and O–H groups in total. The Kier molecular flexibility index (Phi) is 3.87. The van der Waals surface area contributed by atoms with Crippen molar-refractivity contribution in [3.05, 3.63) is 29.0 Å². The molecule has 2 aromatic heterocycles. The molecule has 6 heteroatoms. The highest BCUT2D eigenvalue weighted by molar-refractivity contribution is 5.42. The van der Waals surface area contributed by atoms with E-state index in [1.165, 1.54) is 4.68 Å². The zero-order valence-corrected chi connectivity index (χ0v) is 11.9. The van der Waals surface area contributed by atoms with Gasteiger partial charge < -0.3 is 5.32 Å². The highest BCUT2D eigenvalue weighted by Gasteiger charge is 2.14. The predicted molar refractivity (Wildman–Crippen MR) is 72.6 cm³/mol. The molecular formula is C13H20FN5. The average molecular weight is 265 g/mol. The minimum absolute atomic E-state index is 0.264. The highest BCUT2D eigenvalue weighted by Crippen LogP contribution is 2.16. The Labute approximate surface area is 112 Å². The van der Waals surface area contributed by atoms with Crippen LogP contribution in [0.3, 0.4) is 0 Å². The van der Waals surface area contributed by atoms with E-state index in [0.29, 0.717) is 18.7 Å². The van der Waals surface area contributed by atoms with Crippen molar-refractivity contribution in [3.63, 3.8) is 0 Å². The normalized spacial score (nSPS) is 11.0. The largest absolute Gasteiger partial charge is 0.364 e. The summed E-state index contributed by atoms with van der Waals surface area (Å²) in [6.07, 6.45) is 1.97. The van der Waals surface area contributed by atoms with E-state index in [2.05, 4.69) is 15.5 Å². The first kappa shape index (κ1) is 13.6. The van der Waals surface area contributed by atoms with Gasteiger partial charge in [-0.15, -0.1) is 0 Å². The van der Waals surface area contributed by atoms with Crippen LogP contribution in [0.5, 0.6) is 0 Å². The third kappa shape index (κ3) is 2.62. The van der Waals surface area contributed by atoms with Crippen molar-refractivity contribution in [2.75, 3.05) is 5.32 Å². The number of nitrogens with one attached hydrogen (secondary N) is 1. The van der Waals surface area contributed by atoms with E-state index < -0.39 is 0 Å². The van der Waals surface area contributed by atoms with Gasteiger partial charge in [0.1, 0.15) is 0 Å². The summed E-state index contributed by atoms with van der Waals surface area (Å²) in [5.41, 5.74) is 2.38. The molecule has 5 nitrogen and oxygen atoms in total. The van der Waals surface area contributed by atoms with Crippen molar-refractivity contribution in [2.45, 2.75) is 47.3 Å². The van der Waals surface area contributed by atoms with Crippen LogP contribution in [0.1, 0.15) is 30.7 Å². The second-order valence-corrected chi connectivity index (χ2v) is 4.54. The summed E-state index contributed by atoms with van der Waals surface area (Å²) in [5.74, 6) is 0.532. The molecule has 2 heterocycles. The number of anilines is 1. The van der Waals surface area contributed by atoms with Crippen molar-refractivity contribution in [1.82, 2.24) is 19.6 Å². The van der Waals surface area contributed by atoms with Gasteiger partial charge in [-0.2, -0.15) is 14.6 Å². The van der Waals surface area contributed by atoms with Gasteiger partial charge >= 0.3 is 0 Å². The van der Waals surface area contributed by atoms with Crippen LogP contribution in [0.2, 0.25) is 0 Å². The summed E-state index contributed by atoms with van der Waals surface area (Å²) in [6.45, 7) is 9.48. The molecule has 0 aliphatic heterocycles. The summed E-state index contributed by atoms with van der Waals surface area (Å²) in [7, 11) is 0. The number of hydrogen-bond donors (Lipinski definition) is 1. The molecule has 0 aromatic carbocycles. The lowest BCUT2D eigenvalue weighted by atomic mass is 10.2. The molecule has 0 unspecified atom stereocenters. The van der Waals surface area contributed by atoms with Gasteiger partial charge in [0.25, 0.3) is 0 Å². The zero-order chi connectivity index (χ0) is 14.0.